The zero-order valence-electron chi connectivity index (χ0n) is 21.2. The van der Waals surface area contributed by atoms with Gasteiger partial charge in [0.15, 0.2) is 0 Å². The van der Waals surface area contributed by atoms with Crippen LogP contribution in [0.1, 0.15) is 31.4 Å². The Balaban J connectivity index is 1.56. The number of hydrogen-bond donors (Lipinski definition) is 0. The van der Waals surface area contributed by atoms with Gasteiger partial charge >= 0.3 is 0 Å². The van der Waals surface area contributed by atoms with Crippen molar-refractivity contribution in [2.24, 2.45) is 0 Å². The highest BCUT2D eigenvalue weighted by atomic mass is 15.4. The van der Waals surface area contributed by atoms with E-state index in [0.29, 0.717) is 30.9 Å². The maximum absolute atomic E-state index is 8.59. The van der Waals surface area contributed by atoms with E-state index in [4.69, 9.17) is 14.8 Å². The fourth-order valence-electron chi connectivity index (χ4n) is 3.60. The van der Waals surface area contributed by atoms with E-state index in [0.717, 1.165) is 32.2 Å². The van der Waals surface area contributed by atoms with Crippen molar-refractivity contribution in [1.82, 2.24) is 19.7 Å². The lowest BCUT2D eigenvalue weighted by Gasteiger charge is -2.33. The van der Waals surface area contributed by atoms with Gasteiger partial charge in [-0.1, -0.05) is 0 Å². The molecule has 0 unspecified atom stereocenters. The predicted molar refractivity (Wildman–Crippen MR) is 108 cm³/mol. The molecule has 28 heavy (non-hydrogen) atoms. The molecule has 3 aromatic rings. The lowest BCUT2D eigenvalue weighted by Crippen LogP contribution is -2.33. The van der Waals surface area contributed by atoms with Crippen LogP contribution in [0.25, 0.3) is 4.85 Å². The molecule has 2 aliphatic heterocycles. The molecule has 2 aliphatic rings. The zero-order valence-corrected chi connectivity index (χ0v) is 15.2. The van der Waals surface area contributed by atoms with E-state index in [1.54, 1.807) is 18.3 Å². The molecule has 7 nitrogen and oxygen atoms in total. The van der Waals surface area contributed by atoms with Gasteiger partial charge in [0.25, 0.3) is 0 Å². The molecule has 0 spiro atoms. The van der Waals surface area contributed by atoms with Crippen LogP contribution in [0.2, 0.25) is 0 Å². The van der Waals surface area contributed by atoms with Crippen LogP contribution < -0.4 is 9.80 Å². The molecule has 0 amide bonds. The smallest absolute Gasteiger partial charge is 0.205 e. The first-order valence-corrected chi connectivity index (χ1v) is 8.90. The quantitative estimate of drug-likeness (QED) is 0.638. The maximum Gasteiger partial charge on any atom is 0.205 e. The second-order valence-electron chi connectivity index (χ2n) is 6.70. The molecule has 0 N–H and O–H groups in total. The summed E-state index contributed by atoms with van der Waals surface area (Å²) in [4.78, 5) is 15.6. The number of aromatic nitrogens is 4. The molecule has 5 heterocycles. The molecule has 0 aliphatic carbocycles. The van der Waals surface area contributed by atoms with Crippen molar-refractivity contribution in [3.63, 3.8) is 0 Å². The minimum absolute atomic E-state index is 0.104. The first-order chi connectivity index (χ1) is 16.0. The summed E-state index contributed by atoms with van der Waals surface area (Å²) in [6, 6.07) is 5.02. The summed E-state index contributed by atoms with van der Waals surface area (Å²) in [5, 5.41) is 3.94. The summed E-state index contributed by atoms with van der Waals surface area (Å²) >= 11 is 0. The van der Waals surface area contributed by atoms with Gasteiger partial charge < -0.3 is 9.80 Å². The average molecular weight is 377 g/mol. The topological polar surface area (TPSA) is 54.4 Å². The van der Waals surface area contributed by atoms with E-state index in [1.165, 1.54) is 18.5 Å². The van der Waals surface area contributed by atoms with E-state index in [2.05, 4.69) is 24.8 Å². The summed E-state index contributed by atoms with van der Waals surface area (Å²) in [6.07, 6.45) is 2.10. The van der Waals surface area contributed by atoms with Crippen molar-refractivity contribution in [1.29, 1.82) is 0 Å². The second-order valence-corrected chi connectivity index (χ2v) is 6.70. The molecule has 140 valence electrons. The van der Waals surface area contributed by atoms with Gasteiger partial charge in [-0.15, -0.1) is 0 Å². The van der Waals surface area contributed by atoms with Gasteiger partial charge in [0.2, 0.25) is 5.69 Å². The molecule has 3 aromatic heterocycles. The zero-order chi connectivity index (χ0) is 24.5. The van der Waals surface area contributed by atoms with E-state index < -0.39 is 19.4 Å². The average Bonchev–Trinajstić information content (AvgIpc) is 3.27. The molecule has 5 rings (SSSR count). The Morgan fingerprint density at radius 1 is 1.21 bits per heavy atom. The number of pyridine rings is 2. The summed E-state index contributed by atoms with van der Waals surface area (Å²) in [5.41, 5.74) is 3.36. The maximum atomic E-state index is 8.59. The number of rotatable bonds is 2. The minimum Gasteiger partial charge on any atom is -0.352 e. The summed E-state index contributed by atoms with van der Waals surface area (Å²) in [5.74, 6) is 0.867. The number of nitrogens with zero attached hydrogens (tertiary/aromatic N) is 7. The normalized spacial score (nSPS) is 24.3. The van der Waals surface area contributed by atoms with E-state index in [9.17, 15) is 0 Å². The third-order valence-electron chi connectivity index (χ3n) is 4.93. The molecule has 0 aromatic carbocycles. The van der Waals surface area contributed by atoms with Gasteiger partial charge in [0.05, 0.1) is 27.4 Å². The van der Waals surface area contributed by atoms with Crippen molar-refractivity contribution in [3.05, 3.63) is 65.0 Å². The highest BCUT2D eigenvalue weighted by Crippen LogP contribution is 2.32. The third kappa shape index (κ3) is 2.78. The fraction of sp³-hybridized carbons (Fsp3) is 0.333. The van der Waals surface area contributed by atoms with E-state index >= 15 is 0 Å². The molecule has 0 saturated carbocycles. The van der Waals surface area contributed by atoms with Crippen molar-refractivity contribution >= 4 is 23.0 Å². The minimum atomic E-state index is -2.91. The molecule has 0 radical (unpaired) electrons. The Hall–Kier alpha value is -3.40. The number of aryl methyl sites for hydroxylation is 2. The van der Waals surface area contributed by atoms with E-state index in [-0.39, 0.29) is 5.82 Å². The van der Waals surface area contributed by atoms with Crippen LogP contribution >= 0.6 is 0 Å². The van der Waals surface area contributed by atoms with Crippen molar-refractivity contribution < 1.29 is 8.22 Å². The molecular formula is C21H21N7. The van der Waals surface area contributed by atoms with Gasteiger partial charge in [0, 0.05) is 55.9 Å². The molecular weight excluding hydrogens is 350 g/mol. The standard InChI is InChI=1S/C21H21N7/c1-15-10-17(22-2)12-24-21(15)26-9-5-19-16(14-26)11-18(13-23-19)27-7-3-8-28-20(27)4-6-25-28/h4,6,10-13H,3,5,7-9,14H2,1H3/i3D2,7D2,8D2. The number of fused-ring (bicyclic) bond motifs is 2. The largest absolute Gasteiger partial charge is 0.352 e. The van der Waals surface area contributed by atoms with Gasteiger partial charge in [-0.05, 0) is 36.6 Å². The Labute approximate surface area is 172 Å². The summed E-state index contributed by atoms with van der Waals surface area (Å²) < 4.78 is 51.2. The van der Waals surface area contributed by atoms with Crippen LogP contribution in [0, 0.1) is 13.5 Å². The third-order valence-corrected chi connectivity index (χ3v) is 4.93. The lowest BCUT2D eigenvalue weighted by molar-refractivity contribution is 0.541. The van der Waals surface area contributed by atoms with Crippen LogP contribution in [0.3, 0.4) is 0 Å². The van der Waals surface area contributed by atoms with Gasteiger partial charge in [0.1, 0.15) is 11.6 Å². The van der Waals surface area contributed by atoms with Gasteiger partial charge in [-0.25, -0.2) is 9.53 Å². The number of anilines is 3. The highest BCUT2D eigenvalue weighted by Gasteiger charge is 2.23. The summed E-state index contributed by atoms with van der Waals surface area (Å²) in [7, 11) is 0. The Kier molecular flexibility index (Phi) is 2.71. The molecule has 0 atom stereocenters. The van der Waals surface area contributed by atoms with Crippen LogP contribution in [-0.2, 0) is 19.5 Å². The predicted octanol–water partition coefficient (Wildman–Crippen LogP) is 3.64. The molecule has 0 bridgehead atoms. The lowest BCUT2D eigenvalue weighted by atomic mass is 10.0. The Morgan fingerprint density at radius 3 is 3.00 bits per heavy atom. The molecule has 7 heteroatoms. The first-order valence-electron chi connectivity index (χ1n) is 11.9. The molecule has 0 saturated heterocycles. The first kappa shape index (κ1) is 11.4. The monoisotopic (exact) mass is 377 g/mol. The summed E-state index contributed by atoms with van der Waals surface area (Å²) in [6.45, 7) is 4.81. The Morgan fingerprint density at radius 2 is 2.14 bits per heavy atom. The fourth-order valence-corrected chi connectivity index (χ4v) is 3.60. The highest BCUT2D eigenvalue weighted by molar-refractivity contribution is 5.62. The van der Waals surface area contributed by atoms with Gasteiger partial charge in [-0.3, -0.25) is 9.97 Å². The van der Waals surface area contributed by atoms with Crippen molar-refractivity contribution in [3.8, 4) is 0 Å². The van der Waals surface area contributed by atoms with Crippen LogP contribution in [0.5, 0.6) is 0 Å². The van der Waals surface area contributed by atoms with Crippen LogP contribution in [0.4, 0.5) is 23.0 Å². The van der Waals surface area contributed by atoms with Crippen molar-refractivity contribution in [2.45, 2.75) is 32.8 Å². The SMILES string of the molecule is [2H]C1([2H])N(c2cnc3c(c2)CN(c2ncc([N+]#[C-])cc2C)CC3)c2ccnn2C([2H])([2H])C1([2H])[2H]. The van der Waals surface area contributed by atoms with E-state index in [1.807, 2.05) is 6.92 Å². The van der Waals surface area contributed by atoms with Crippen LogP contribution in [-0.4, -0.2) is 32.8 Å². The van der Waals surface area contributed by atoms with Crippen molar-refractivity contribution in [2.75, 3.05) is 22.8 Å². The van der Waals surface area contributed by atoms with Gasteiger partial charge in [-0.2, -0.15) is 5.10 Å². The number of hydrogen-bond acceptors (Lipinski definition) is 5. The second kappa shape index (κ2) is 6.64. The molecule has 0 fully saturated rings. The van der Waals surface area contributed by atoms with Crippen LogP contribution in [0.15, 0.2) is 36.8 Å². The Bertz CT molecular complexity index is 1330.